The molecule has 0 aromatic heterocycles. The summed E-state index contributed by atoms with van der Waals surface area (Å²) in [5, 5.41) is 2.79. The molecule has 0 aliphatic carbocycles. The van der Waals surface area contributed by atoms with E-state index in [1.807, 2.05) is 51.1 Å². The highest BCUT2D eigenvalue weighted by Crippen LogP contribution is 2.20. The first-order valence-electron chi connectivity index (χ1n) is 8.43. The zero-order valence-corrected chi connectivity index (χ0v) is 16.3. The Morgan fingerprint density at radius 3 is 2.23 bits per heavy atom. The van der Waals surface area contributed by atoms with Crippen LogP contribution >= 0.6 is 0 Å². The summed E-state index contributed by atoms with van der Waals surface area (Å²) in [5.74, 6) is -0.643. The minimum Gasteiger partial charge on any atom is -0.325 e. The van der Waals surface area contributed by atoms with Gasteiger partial charge in [0.25, 0.3) is 0 Å². The summed E-state index contributed by atoms with van der Waals surface area (Å²) >= 11 is 0. The van der Waals surface area contributed by atoms with Gasteiger partial charge in [-0.25, -0.2) is 12.9 Å². The summed E-state index contributed by atoms with van der Waals surface area (Å²) in [6.45, 7) is 5.62. The van der Waals surface area contributed by atoms with Gasteiger partial charge in [-0.15, -0.1) is 0 Å². The Kier molecular flexibility index (Phi) is 6.67. The smallest absolute Gasteiger partial charge is 0.243 e. The van der Waals surface area contributed by atoms with Crippen LogP contribution in [0.25, 0.3) is 0 Å². The topological polar surface area (TPSA) is 49.4 Å². The maximum absolute atomic E-state index is 13.1. The molecule has 0 saturated heterocycles. The average Bonchev–Trinajstić information content (AvgIpc) is 2.60. The lowest BCUT2D eigenvalue weighted by atomic mass is 10.1. The number of nitrogens with zero attached hydrogens (tertiary/aromatic N) is 1. The SMILES string of the molecule is CN([C@@H](Cc1ccccc1)C(=O)Nc1ccc(F)cc1)[S@@](=O)C(C)(C)C. The monoisotopic (exact) mass is 376 g/mol. The van der Waals surface area contributed by atoms with Crippen molar-refractivity contribution < 1.29 is 13.4 Å². The summed E-state index contributed by atoms with van der Waals surface area (Å²) in [7, 11) is 0.338. The second kappa shape index (κ2) is 8.56. The van der Waals surface area contributed by atoms with E-state index in [-0.39, 0.29) is 11.7 Å². The molecule has 0 aliphatic rings. The molecule has 0 radical (unpaired) electrons. The van der Waals surface area contributed by atoms with E-state index in [2.05, 4.69) is 5.32 Å². The normalized spacial score (nSPS) is 14.1. The number of halogens is 1. The number of carbonyl (C=O) groups excluding carboxylic acids is 1. The lowest BCUT2D eigenvalue weighted by Gasteiger charge is -2.31. The highest BCUT2D eigenvalue weighted by Gasteiger charge is 2.33. The van der Waals surface area contributed by atoms with E-state index in [4.69, 9.17) is 0 Å². The first kappa shape index (κ1) is 20.3. The van der Waals surface area contributed by atoms with Gasteiger partial charge in [0, 0.05) is 12.7 Å². The number of hydrogen-bond donors (Lipinski definition) is 1. The maximum atomic E-state index is 13.1. The van der Waals surface area contributed by atoms with E-state index in [9.17, 15) is 13.4 Å². The molecule has 0 heterocycles. The predicted octanol–water partition coefficient (Wildman–Crippen LogP) is 3.77. The zero-order chi connectivity index (χ0) is 19.3. The van der Waals surface area contributed by atoms with Crippen molar-refractivity contribution in [1.29, 1.82) is 0 Å². The lowest BCUT2D eigenvalue weighted by molar-refractivity contribution is -0.119. The van der Waals surface area contributed by atoms with E-state index >= 15 is 0 Å². The molecule has 2 aromatic rings. The molecule has 4 nitrogen and oxygen atoms in total. The van der Waals surface area contributed by atoms with Gasteiger partial charge in [0.15, 0.2) is 0 Å². The molecule has 140 valence electrons. The number of amides is 1. The molecule has 0 saturated carbocycles. The molecule has 26 heavy (non-hydrogen) atoms. The molecule has 0 fully saturated rings. The molecular formula is C20H25FN2O2S. The fraction of sp³-hybridized carbons (Fsp3) is 0.350. The van der Waals surface area contributed by atoms with Gasteiger partial charge in [0.2, 0.25) is 5.91 Å². The first-order chi connectivity index (χ1) is 12.2. The molecule has 2 aromatic carbocycles. The van der Waals surface area contributed by atoms with E-state index in [0.717, 1.165) is 5.56 Å². The van der Waals surface area contributed by atoms with Gasteiger partial charge >= 0.3 is 0 Å². The molecule has 1 N–H and O–H groups in total. The van der Waals surface area contributed by atoms with Crippen LogP contribution in [0.5, 0.6) is 0 Å². The van der Waals surface area contributed by atoms with Crippen LogP contribution in [-0.2, 0) is 22.2 Å². The van der Waals surface area contributed by atoms with Gasteiger partial charge in [-0.05, 0) is 57.0 Å². The Morgan fingerprint density at radius 1 is 1.12 bits per heavy atom. The van der Waals surface area contributed by atoms with Gasteiger partial charge in [-0.3, -0.25) is 4.79 Å². The molecule has 1 amide bonds. The molecule has 2 atom stereocenters. The van der Waals surface area contributed by atoms with E-state index in [1.165, 1.54) is 24.3 Å². The fourth-order valence-electron chi connectivity index (χ4n) is 2.53. The van der Waals surface area contributed by atoms with Crippen molar-refractivity contribution in [3.05, 3.63) is 66.0 Å². The minimum absolute atomic E-state index is 0.277. The number of anilines is 1. The highest BCUT2D eigenvalue weighted by molar-refractivity contribution is 7.84. The van der Waals surface area contributed by atoms with E-state index < -0.39 is 21.8 Å². The predicted molar refractivity (Wildman–Crippen MR) is 105 cm³/mol. The van der Waals surface area contributed by atoms with E-state index in [0.29, 0.717) is 12.1 Å². The molecule has 2 rings (SSSR count). The Bertz CT molecular complexity index is 758. The second-order valence-electron chi connectivity index (χ2n) is 7.11. The highest BCUT2D eigenvalue weighted by atomic mass is 32.2. The average molecular weight is 376 g/mol. The number of likely N-dealkylation sites (N-methyl/N-ethyl adjacent to an activating group) is 1. The lowest BCUT2D eigenvalue weighted by Crippen LogP contribution is -2.48. The number of carbonyl (C=O) groups is 1. The third-order valence-electron chi connectivity index (χ3n) is 3.91. The van der Waals surface area contributed by atoms with Crippen LogP contribution in [0.15, 0.2) is 54.6 Å². The maximum Gasteiger partial charge on any atom is 0.243 e. The third kappa shape index (κ3) is 5.47. The standard InChI is InChI=1S/C20H25FN2O2S/c1-20(2,3)26(25)23(4)18(14-15-8-6-5-7-9-15)19(24)22-17-12-10-16(21)11-13-17/h5-13,18H,14H2,1-4H3,(H,22,24)/t18-,26-/m0/s1. The molecule has 0 bridgehead atoms. The third-order valence-corrected chi connectivity index (χ3v) is 5.74. The zero-order valence-electron chi connectivity index (χ0n) is 15.5. The van der Waals surface area contributed by atoms with Crippen LogP contribution in [0.1, 0.15) is 26.3 Å². The number of hydrogen-bond acceptors (Lipinski definition) is 2. The Hall–Kier alpha value is -2.05. The fourth-order valence-corrected chi connectivity index (χ4v) is 3.80. The number of rotatable bonds is 6. The summed E-state index contributed by atoms with van der Waals surface area (Å²) in [6, 6.07) is 14.6. The van der Waals surface area contributed by atoms with Gasteiger partial charge < -0.3 is 5.32 Å². The van der Waals surface area contributed by atoms with Crippen molar-refractivity contribution in [1.82, 2.24) is 4.31 Å². The van der Waals surface area contributed by atoms with Crippen LogP contribution in [0, 0.1) is 5.82 Å². The van der Waals surface area contributed by atoms with Gasteiger partial charge in [0.1, 0.15) is 22.8 Å². The summed E-state index contributed by atoms with van der Waals surface area (Å²) in [5.41, 5.74) is 1.48. The van der Waals surface area contributed by atoms with Gasteiger partial charge in [-0.1, -0.05) is 30.3 Å². The Balaban J connectivity index is 2.25. The van der Waals surface area contributed by atoms with Crippen LogP contribution < -0.4 is 5.32 Å². The molecule has 6 heteroatoms. The second-order valence-corrected chi connectivity index (χ2v) is 9.41. The first-order valence-corrected chi connectivity index (χ1v) is 9.54. The van der Waals surface area contributed by atoms with E-state index in [1.54, 1.807) is 11.4 Å². The quantitative estimate of drug-likeness (QED) is 0.834. The molecule has 0 unspecified atom stereocenters. The summed E-state index contributed by atoms with van der Waals surface area (Å²) < 4.78 is 27.0. The Morgan fingerprint density at radius 2 is 1.69 bits per heavy atom. The summed E-state index contributed by atoms with van der Waals surface area (Å²) in [4.78, 5) is 12.9. The van der Waals surface area contributed by atoms with Crippen molar-refractivity contribution in [2.24, 2.45) is 0 Å². The van der Waals surface area contributed by atoms with Crippen molar-refractivity contribution in [3.8, 4) is 0 Å². The number of benzene rings is 2. The van der Waals surface area contributed by atoms with Crippen molar-refractivity contribution in [2.45, 2.75) is 38.0 Å². The minimum atomic E-state index is -1.36. The van der Waals surface area contributed by atoms with Crippen molar-refractivity contribution >= 4 is 22.6 Å². The number of nitrogens with one attached hydrogen (secondary N) is 1. The van der Waals surface area contributed by atoms with Crippen LogP contribution in [0.3, 0.4) is 0 Å². The van der Waals surface area contributed by atoms with Crippen molar-refractivity contribution in [2.75, 3.05) is 12.4 Å². The molecule has 0 spiro atoms. The van der Waals surface area contributed by atoms with Crippen LogP contribution in [-0.4, -0.2) is 32.3 Å². The van der Waals surface area contributed by atoms with Gasteiger partial charge in [-0.2, -0.15) is 0 Å². The van der Waals surface area contributed by atoms with Crippen LogP contribution in [0.2, 0.25) is 0 Å². The van der Waals surface area contributed by atoms with Crippen molar-refractivity contribution in [3.63, 3.8) is 0 Å². The van der Waals surface area contributed by atoms with Crippen LogP contribution in [0.4, 0.5) is 10.1 Å². The summed E-state index contributed by atoms with van der Waals surface area (Å²) in [6.07, 6.45) is 0.423. The largest absolute Gasteiger partial charge is 0.325 e. The Labute approximate surface area is 157 Å². The molecular weight excluding hydrogens is 351 g/mol. The van der Waals surface area contributed by atoms with Gasteiger partial charge in [0.05, 0.1) is 4.75 Å². The molecule has 0 aliphatic heterocycles.